The van der Waals surface area contributed by atoms with Crippen LogP contribution in [0.4, 0.5) is 9.18 Å². The summed E-state index contributed by atoms with van der Waals surface area (Å²) in [5.41, 5.74) is 5.37. The van der Waals surface area contributed by atoms with E-state index in [1.54, 1.807) is 19.2 Å². The highest BCUT2D eigenvalue weighted by molar-refractivity contribution is 6.35. The molecule has 0 bridgehead atoms. The molecule has 1 aromatic carbocycles. The number of nitrogens with two attached hydrogens (primary N) is 2. The molecule has 0 aliphatic heterocycles. The number of halogens is 3. The molecule has 8 heteroatoms. The minimum atomic E-state index is -0.918. The van der Waals surface area contributed by atoms with Gasteiger partial charge in [0.15, 0.2) is 6.04 Å². The molecule has 2 atom stereocenters. The Bertz CT molecular complexity index is 540. The van der Waals surface area contributed by atoms with E-state index in [9.17, 15) is 14.0 Å². The molecule has 3 amide bonds. The van der Waals surface area contributed by atoms with Crippen LogP contribution in [0.25, 0.3) is 0 Å². The number of hydrogen-bond acceptors (Lipinski definition) is 2. The number of nitrogens with one attached hydrogen (secondary N) is 1. The monoisotopic (exact) mass is 322 g/mol. The van der Waals surface area contributed by atoms with Crippen LogP contribution in [0.3, 0.4) is 0 Å². The van der Waals surface area contributed by atoms with Crippen LogP contribution in [0.15, 0.2) is 12.1 Å². The van der Waals surface area contributed by atoms with E-state index < -0.39 is 23.8 Å². The van der Waals surface area contributed by atoms with Crippen LogP contribution in [0.5, 0.6) is 0 Å². The second kappa shape index (κ2) is 6.88. The van der Waals surface area contributed by atoms with Crippen molar-refractivity contribution in [1.29, 1.82) is 0 Å². The van der Waals surface area contributed by atoms with E-state index in [0.29, 0.717) is 10.6 Å². The number of rotatable bonds is 4. The summed E-state index contributed by atoms with van der Waals surface area (Å²) < 4.78 is 13.4. The predicted octanol–water partition coefficient (Wildman–Crippen LogP) is 1.34. The number of imide groups is 1. The van der Waals surface area contributed by atoms with E-state index >= 15 is 0 Å². The van der Waals surface area contributed by atoms with Gasteiger partial charge in [-0.25, -0.2) is 9.18 Å². The standard InChI is InChI=1S/C12H14Cl2FN3O2/c1-5(17-6(2)11(19)18-12(16)20)7-3-10(15)9(14)4-8(7)13/h3-6,17H,1-2H3,(H3,16,18,19,20)/p+1/t5-,6-/m0/s1. The normalized spacial score (nSPS) is 13.7. The minimum absolute atomic E-state index is 0.0644. The van der Waals surface area contributed by atoms with Crippen LogP contribution < -0.4 is 16.4 Å². The van der Waals surface area contributed by atoms with Crippen molar-refractivity contribution < 1.29 is 19.3 Å². The first-order valence-electron chi connectivity index (χ1n) is 5.82. The maximum Gasteiger partial charge on any atom is 0.319 e. The minimum Gasteiger partial charge on any atom is -0.351 e. The van der Waals surface area contributed by atoms with Crippen molar-refractivity contribution in [1.82, 2.24) is 5.32 Å². The van der Waals surface area contributed by atoms with Gasteiger partial charge in [-0.15, -0.1) is 0 Å². The van der Waals surface area contributed by atoms with E-state index in [2.05, 4.69) is 0 Å². The quantitative estimate of drug-likeness (QED) is 0.730. The zero-order valence-corrected chi connectivity index (χ0v) is 12.4. The third-order valence-electron chi connectivity index (χ3n) is 2.77. The van der Waals surface area contributed by atoms with E-state index in [1.807, 2.05) is 5.32 Å². The van der Waals surface area contributed by atoms with Crippen LogP contribution in [0.2, 0.25) is 10.0 Å². The summed E-state index contributed by atoms with van der Waals surface area (Å²) in [6.07, 6.45) is 0. The Morgan fingerprint density at radius 2 is 1.90 bits per heavy atom. The first-order chi connectivity index (χ1) is 9.22. The van der Waals surface area contributed by atoms with Gasteiger partial charge in [-0.05, 0) is 26.0 Å². The van der Waals surface area contributed by atoms with Gasteiger partial charge in [0.1, 0.15) is 11.9 Å². The highest BCUT2D eigenvalue weighted by Gasteiger charge is 2.23. The number of urea groups is 1. The largest absolute Gasteiger partial charge is 0.351 e. The predicted molar refractivity (Wildman–Crippen MR) is 73.9 cm³/mol. The van der Waals surface area contributed by atoms with Crippen molar-refractivity contribution in [2.24, 2.45) is 5.73 Å². The average molecular weight is 323 g/mol. The van der Waals surface area contributed by atoms with Crippen LogP contribution in [0.1, 0.15) is 25.5 Å². The smallest absolute Gasteiger partial charge is 0.319 e. The fraction of sp³-hybridized carbons (Fsp3) is 0.333. The lowest BCUT2D eigenvalue weighted by atomic mass is 10.1. The van der Waals surface area contributed by atoms with Crippen molar-refractivity contribution >= 4 is 35.1 Å². The number of primary amides is 1. The van der Waals surface area contributed by atoms with Crippen LogP contribution in [-0.4, -0.2) is 18.0 Å². The van der Waals surface area contributed by atoms with Crippen molar-refractivity contribution in [3.63, 3.8) is 0 Å². The topological polar surface area (TPSA) is 88.8 Å². The molecule has 0 aliphatic carbocycles. The fourth-order valence-corrected chi connectivity index (χ4v) is 2.30. The molecule has 0 spiro atoms. The summed E-state index contributed by atoms with van der Waals surface area (Å²) >= 11 is 11.6. The maximum atomic E-state index is 13.4. The molecule has 1 aromatic rings. The second-order valence-corrected chi connectivity index (χ2v) is 5.23. The van der Waals surface area contributed by atoms with Crippen LogP contribution in [0, 0.1) is 5.82 Å². The Morgan fingerprint density at radius 3 is 2.45 bits per heavy atom. The molecule has 0 radical (unpaired) electrons. The average Bonchev–Trinajstić information content (AvgIpc) is 2.32. The van der Waals surface area contributed by atoms with Gasteiger partial charge in [0, 0.05) is 5.56 Å². The molecular weight excluding hydrogens is 308 g/mol. The Hall–Kier alpha value is -1.37. The lowest BCUT2D eigenvalue weighted by Crippen LogP contribution is -2.92. The summed E-state index contributed by atoms with van der Waals surface area (Å²) in [5.74, 6) is -1.12. The first-order valence-corrected chi connectivity index (χ1v) is 6.57. The van der Waals surface area contributed by atoms with E-state index in [-0.39, 0.29) is 11.1 Å². The lowest BCUT2D eigenvalue weighted by molar-refractivity contribution is -0.710. The number of quaternary nitrogens is 1. The third kappa shape index (κ3) is 4.33. The van der Waals surface area contributed by atoms with Crippen molar-refractivity contribution in [2.45, 2.75) is 25.9 Å². The van der Waals surface area contributed by atoms with Crippen molar-refractivity contribution in [3.8, 4) is 0 Å². The Balaban J connectivity index is 2.81. The Labute approximate surface area is 125 Å². The number of amides is 3. The maximum absolute atomic E-state index is 13.4. The number of hydrogen-bond donors (Lipinski definition) is 3. The number of benzene rings is 1. The van der Waals surface area contributed by atoms with Gasteiger partial charge in [-0.3, -0.25) is 10.1 Å². The summed E-state index contributed by atoms with van der Waals surface area (Å²) in [4.78, 5) is 22.2. The summed E-state index contributed by atoms with van der Waals surface area (Å²) in [7, 11) is 0. The van der Waals surface area contributed by atoms with Crippen LogP contribution >= 0.6 is 23.2 Å². The molecule has 5 N–H and O–H groups in total. The van der Waals surface area contributed by atoms with Crippen molar-refractivity contribution in [2.75, 3.05) is 0 Å². The molecule has 0 saturated heterocycles. The van der Waals surface area contributed by atoms with E-state index in [0.717, 1.165) is 0 Å². The molecule has 0 aliphatic rings. The lowest BCUT2D eigenvalue weighted by Gasteiger charge is -2.17. The highest BCUT2D eigenvalue weighted by Crippen LogP contribution is 2.27. The molecule has 0 heterocycles. The Morgan fingerprint density at radius 1 is 1.30 bits per heavy atom. The molecule has 0 saturated carbocycles. The van der Waals surface area contributed by atoms with E-state index in [4.69, 9.17) is 28.9 Å². The summed E-state index contributed by atoms with van der Waals surface area (Å²) in [6.45, 7) is 3.34. The van der Waals surface area contributed by atoms with Crippen molar-refractivity contribution in [3.05, 3.63) is 33.6 Å². The fourth-order valence-electron chi connectivity index (χ4n) is 1.75. The molecule has 0 fully saturated rings. The molecule has 5 nitrogen and oxygen atoms in total. The van der Waals surface area contributed by atoms with Gasteiger partial charge in [-0.2, -0.15) is 0 Å². The number of carbonyl (C=O) groups is 2. The van der Waals surface area contributed by atoms with Crippen LogP contribution in [-0.2, 0) is 4.79 Å². The number of carbonyl (C=O) groups excluding carboxylic acids is 2. The summed E-state index contributed by atoms with van der Waals surface area (Å²) in [6, 6.07) is 0.727. The highest BCUT2D eigenvalue weighted by atomic mass is 35.5. The molecular formula is C12H15Cl2FN3O2+. The van der Waals surface area contributed by atoms with E-state index in [1.165, 1.54) is 12.1 Å². The zero-order valence-electron chi connectivity index (χ0n) is 10.9. The molecule has 20 heavy (non-hydrogen) atoms. The SMILES string of the molecule is C[C@H]([NH2+][C@@H](C)c1cc(F)c(Cl)cc1Cl)C(=O)NC(N)=O. The molecule has 0 unspecified atom stereocenters. The Kier molecular flexibility index (Phi) is 5.74. The molecule has 1 rings (SSSR count). The third-order valence-corrected chi connectivity index (χ3v) is 3.38. The van der Waals surface area contributed by atoms with Gasteiger partial charge >= 0.3 is 6.03 Å². The van der Waals surface area contributed by atoms with Gasteiger partial charge < -0.3 is 11.1 Å². The first kappa shape index (κ1) is 16.7. The summed E-state index contributed by atoms with van der Waals surface area (Å²) in [5, 5.41) is 3.85. The van der Waals surface area contributed by atoms with Gasteiger partial charge in [0.25, 0.3) is 5.91 Å². The molecule has 0 aromatic heterocycles. The van der Waals surface area contributed by atoms with Gasteiger partial charge in [0.05, 0.1) is 10.0 Å². The second-order valence-electron chi connectivity index (χ2n) is 4.41. The van der Waals surface area contributed by atoms with Gasteiger partial charge in [0.2, 0.25) is 0 Å². The zero-order chi connectivity index (χ0) is 15.4. The van der Waals surface area contributed by atoms with Gasteiger partial charge in [-0.1, -0.05) is 23.2 Å². The molecule has 110 valence electrons.